The maximum absolute atomic E-state index is 13.2. The van der Waals surface area contributed by atoms with Gasteiger partial charge in [0.1, 0.15) is 11.6 Å². The smallest absolute Gasteiger partial charge is 0.240 e. The highest BCUT2D eigenvalue weighted by atomic mass is 35.5. The molecule has 0 unspecified atom stereocenters. The molecule has 2 N–H and O–H groups in total. The van der Waals surface area contributed by atoms with Gasteiger partial charge in [-0.3, -0.25) is 0 Å². The summed E-state index contributed by atoms with van der Waals surface area (Å²) in [6, 6.07) is 0.311. The number of benzene rings is 1. The number of nitrogens with two attached hydrogens (primary N) is 1. The third-order valence-electron chi connectivity index (χ3n) is 1.88. The monoisotopic (exact) mass is 241 g/mol. The number of halogens is 5. The van der Waals surface area contributed by atoms with Crippen molar-refractivity contribution in [1.82, 2.24) is 0 Å². The minimum Gasteiger partial charge on any atom is -0.324 e. The van der Waals surface area contributed by atoms with E-state index in [1.54, 1.807) is 0 Å². The second-order valence-electron chi connectivity index (χ2n) is 2.99. The van der Waals surface area contributed by atoms with Gasteiger partial charge in [0.2, 0.25) is 6.43 Å². The van der Waals surface area contributed by atoms with Gasteiger partial charge in [0.15, 0.2) is 0 Å². The summed E-state index contributed by atoms with van der Waals surface area (Å²) in [6.07, 6.45) is -3.46. The molecule has 6 heteroatoms. The first-order valence-corrected chi connectivity index (χ1v) is 4.48. The minimum atomic E-state index is -2.70. The summed E-state index contributed by atoms with van der Waals surface area (Å²) >= 11 is 5.44. The number of hydrogen-bond donors (Lipinski definition) is 1. The molecule has 1 aromatic carbocycles. The summed E-state index contributed by atoms with van der Waals surface area (Å²) < 4.78 is 50.1. The Bertz CT molecular complexity index is 356. The summed E-state index contributed by atoms with van der Waals surface area (Å²) in [4.78, 5) is 0. The molecule has 0 saturated carbocycles. The molecule has 0 aromatic heterocycles. The van der Waals surface area contributed by atoms with Gasteiger partial charge in [-0.1, -0.05) is 11.6 Å². The van der Waals surface area contributed by atoms with E-state index in [1.807, 2.05) is 0 Å². The lowest BCUT2D eigenvalue weighted by molar-refractivity contribution is 0.128. The van der Waals surface area contributed by atoms with Crippen LogP contribution in [0.15, 0.2) is 12.1 Å². The quantitative estimate of drug-likeness (QED) is 0.638. The van der Waals surface area contributed by atoms with Crippen LogP contribution < -0.4 is 5.73 Å². The molecule has 0 spiro atoms. The Labute approximate surface area is 88.8 Å². The van der Waals surface area contributed by atoms with Crippen molar-refractivity contribution >= 4 is 11.6 Å². The molecule has 0 radical (unpaired) electrons. The first-order chi connectivity index (χ1) is 6.93. The first kappa shape index (κ1) is 12.3. The van der Waals surface area contributed by atoms with E-state index < -0.39 is 41.1 Å². The van der Waals surface area contributed by atoms with Crippen LogP contribution in [0.4, 0.5) is 17.6 Å². The van der Waals surface area contributed by atoms with Crippen molar-refractivity contribution in [3.63, 3.8) is 0 Å². The summed E-state index contributed by atoms with van der Waals surface area (Å²) in [7, 11) is 0. The molecule has 0 aliphatic heterocycles. The SMILES string of the molecule is N[C@H](CC(F)F)c1c(F)ccc(F)c1Cl. The van der Waals surface area contributed by atoms with Crippen molar-refractivity contribution in [2.45, 2.75) is 18.9 Å². The lowest BCUT2D eigenvalue weighted by Gasteiger charge is -2.14. The zero-order valence-corrected chi connectivity index (χ0v) is 8.24. The largest absolute Gasteiger partial charge is 0.324 e. The Hall–Kier alpha value is -0.810. The highest BCUT2D eigenvalue weighted by Gasteiger charge is 2.21. The Kier molecular flexibility index (Phi) is 3.93. The standard InChI is InChI=1S/C9H8ClF4N/c10-9-5(12)2-1-4(11)8(9)6(15)3-7(13)14/h1-2,6-7H,3,15H2/t6-/m1/s1. The van der Waals surface area contributed by atoms with Crippen molar-refractivity contribution in [2.75, 3.05) is 0 Å². The van der Waals surface area contributed by atoms with Crippen LogP contribution in [0.1, 0.15) is 18.0 Å². The van der Waals surface area contributed by atoms with Gasteiger partial charge >= 0.3 is 0 Å². The average molecular weight is 242 g/mol. The van der Waals surface area contributed by atoms with Crippen LogP contribution in [0.2, 0.25) is 5.02 Å². The fourth-order valence-corrected chi connectivity index (χ4v) is 1.49. The van der Waals surface area contributed by atoms with Gasteiger partial charge < -0.3 is 5.73 Å². The van der Waals surface area contributed by atoms with Crippen LogP contribution in [0.5, 0.6) is 0 Å². The van der Waals surface area contributed by atoms with Gasteiger partial charge in [0.25, 0.3) is 0 Å². The van der Waals surface area contributed by atoms with Crippen molar-refractivity contribution in [1.29, 1.82) is 0 Å². The third kappa shape index (κ3) is 2.82. The van der Waals surface area contributed by atoms with Crippen molar-refractivity contribution in [3.05, 3.63) is 34.4 Å². The highest BCUT2D eigenvalue weighted by Crippen LogP contribution is 2.30. The summed E-state index contributed by atoms with van der Waals surface area (Å²) in [6.45, 7) is 0. The molecule has 0 bridgehead atoms. The van der Waals surface area contributed by atoms with E-state index in [2.05, 4.69) is 0 Å². The predicted molar refractivity (Wildman–Crippen MR) is 48.9 cm³/mol. The van der Waals surface area contributed by atoms with Gasteiger partial charge in [-0.05, 0) is 12.1 Å². The molecular weight excluding hydrogens is 234 g/mol. The topological polar surface area (TPSA) is 26.0 Å². The summed E-state index contributed by atoms with van der Waals surface area (Å²) in [5.41, 5.74) is 4.89. The second kappa shape index (κ2) is 4.81. The molecule has 84 valence electrons. The molecule has 0 amide bonds. The third-order valence-corrected chi connectivity index (χ3v) is 2.27. The van der Waals surface area contributed by atoms with E-state index >= 15 is 0 Å². The molecule has 0 aliphatic carbocycles. The summed E-state index contributed by atoms with van der Waals surface area (Å²) in [5, 5.41) is -0.539. The van der Waals surface area contributed by atoms with E-state index in [9.17, 15) is 17.6 Å². The van der Waals surface area contributed by atoms with Gasteiger partial charge in [-0.2, -0.15) is 0 Å². The minimum absolute atomic E-state index is 0.406. The second-order valence-corrected chi connectivity index (χ2v) is 3.37. The van der Waals surface area contributed by atoms with E-state index in [4.69, 9.17) is 17.3 Å². The Morgan fingerprint density at radius 3 is 2.27 bits per heavy atom. The van der Waals surface area contributed by atoms with Crippen molar-refractivity contribution < 1.29 is 17.6 Å². The van der Waals surface area contributed by atoms with E-state index in [0.29, 0.717) is 0 Å². The molecule has 1 atom stereocenters. The van der Waals surface area contributed by atoms with Crippen LogP contribution in [0, 0.1) is 11.6 Å². The van der Waals surface area contributed by atoms with E-state index in [0.717, 1.165) is 12.1 Å². The predicted octanol–water partition coefficient (Wildman–Crippen LogP) is 3.27. The van der Waals surface area contributed by atoms with E-state index in [1.165, 1.54) is 0 Å². The summed E-state index contributed by atoms with van der Waals surface area (Å²) in [5.74, 6) is -1.76. The molecule has 15 heavy (non-hydrogen) atoms. The lowest BCUT2D eigenvalue weighted by Crippen LogP contribution is -2.16. The van der Waals surface area contributed by atoms with Gasteiger partial charge in [0, 0.05) is 18.0 Å². The van der Waals surface area contributed by atoms with Crippen LogP contribution in [0.3, 0.4) is 0 Å². The average Bonchev–Trinajstić information content (AvgIpc) is 2.11. The van der Waals surface area contributed by atoms with Crippen molar-refractivity contribution in [3.8, 4) is 0 Å². The zero-order chi connectivity index (χ0) is 11.6. The van der Waals surface area contributed by atoms with Crippen LogP contribution in [-0.2, 0) is 0 Å². The highest BCUT2D eigenvalue weighted by molar-refractivity contribution is 6.31. The molecule has 0 heterocycles. The Morgan fingerprint density at radius 1 is 1.20 bits per heavy atom. The molecule has 0 fully saturated rings. The number of alkyl halides is 2. The first-order valence-electron chi connectivity index (χ1n) is 4.10. The number of rotatable bonds is 3. The van der Waals surface area contributed by atoms with Crippen LogP contribution in [-0.4, -0.2) is 6.43 Å². The Balaban J connectivity index is 3.07. The zero-order valence-electron chi connectivity index (χ0n) is 7.48. The molecule has 1 rings (SSSR count). The van der Waals surface area contributed by atoms with Gasteiger partial charge in [-0.15, -0.1) is 0 Å². The normalized spacial score (nSPS) is 13.3. The molecule has 1 nitrogen and oxygen atoms in total. The fourth-order valence-electron chi connectivity index (χ4n) is 1.19. The molecule has 0 saturated heterocycles. The molecule has 1 aromatic rings. The molecule has 0 aliphatic rings. The lowest BCUT2D eigenvalue weighted by atomic mass is 10.0. The maximum atomic E-state index is 13.2. The maximum Gasteiger partial charge on any atom is 0.240 e. The Morgan fingerprint density at radius 2 is 1.73 bits per heavy atom. The van der Waals surface area contributed by atoms with Gasteiger partial charge in [0.05, 0.1) is 5.02 Å². The van der Waals surface area contributed by atoms with E-state index in [-0.39, 0.29) is 0 Å². The van der Waals surface area contributed by atoms with Gasteiger partial charge in [-0.25, -0.2) is 17.6 Å². The van der Waals surface area contributed by atoms with Crippen molar-refractivity contribution in [2.24, 2.45) is 5.73 Å². The molecular formula is C9H8ClF4N. The number of hydrogen-bond acceptors (Lipinski definition) is 1. The van der Waals surface area contributed by atoms with Crippen LogP contribution in [0.25, 0.3) is 0 Å². The van der Waals surface area contributed by atoms with Crippen LogP contribution >= 0.6 is 11.6 Å². The fraction of sp³-hybridized carbons (Fsp3) is 0.333.